The van der Waals surface area contributed by atoms with Gasteiger partial charge in [0.1, 0.15) is 75.2 Å². The second-order valence-corrected chi connectivity index (χ2v) is 52.6. The molecule has 0 saturated carbocycles. The van der Waals surface area contributed by atoms with E-state index >= 15 is 0 Å². The van der Waals surface area contributed by atoms with E-state index in [9.17, 15) is 65.5 Å². The number of Topliss-reactive ketones (excluding diaryl/α,β-unsaturated/α-hetero) is 8. The van der Waals surface area contributed by atoms with Gasteiger partial charge in [0.2, 0.25) is 11.8 Å². The third-order valence-electron chi connectivity index (χ3n) is 21.9. The lowest BCUT2D eigenvalue weighted by Gasteiger charge is -2.33. The first-order valence-electron chi connectivity index (χ1n) is 52.5. The highest BCUT2D eigenvalue weighted by Crippen LogP contribution is 2.34. The number of carbonyl (C=O) groups is 10. The predicted molar refractivity (Wildman–Crippen MR) is 603 cm³/mol. The molecule has 4 aromatic carbocycles. The zero-order chi connectivity index (χ0) is 115. The lowest BCUT2D eigenvalue weighted by Crippen LogP contribution is -2.43. The van der Waals surface area contributed by atoms with Gasteiger partial charge in [-0.3, -0.25) is 57.9 Å². The Hall–Kier alpha value is -10.1. The summed E-state index contributed by atoms with van der Waals surface area (Å²) in [4.78, 5) is 129. The van der Waals surface area contributed by atoms with Crippen molar-refractivity contribution >= 4 is 69.5 Å². The summed E-state index contributed by atoms with van der Waals surface area (Å²) in [5, 5.41) is 7.75. The first-order valence-corrected chi connectivity index (χ1v) is 52.5. The van der Waals surface area contributed by atoms with Gasteiger partial charge in [0, 0.05) is 176 Å². The summed E-state index contributed by atoms with van der Waals surface area (Å²) in [7, 11) is 5.20. The third-order valence-corrected chi connectivity index (χ3v) is 21.9. The van der Waals surface area contributed by atoms with E-state index in [4.69, 9.17) is 13.8 Å². The number of hydrogen-bond acceptors (Lipinski definition) is 17. The molecule has 6 aromatic rings. The zero-order valence-corrected chi connectivity index (χ0v) is 100. The third kappa shape index (κ3) is 69.3. The quantitative estimate of drug-likeness (QED) is 0.0366. The Labute approximate surface area is 892 Å². The van der Waals surface area contributed by atoms with Gasteiger partial charge in [0.15, 0.2) is 0 Å². The van der Waals surface area contributed by atoms with Crippen molar-refractivity contribution in [3.05, 3.63) is 193 Å². The second kappa shape index (κ2) is 63.3. The van der Waals surface area contributed by atoms with Gasteiger partial charge < -0.3 is 23.6 Å². The molecule has 0 bridgehead atoms. The zero-order valence-electron chi connectivity index (χ0n) is 100. The Kier molecular flexibility index (Phi) is 59.9. The number of ether oxygens (including phenoxy) is 1. The molecule has 0 spiro atoms. The first-order chi connectivity index (χ1) is 67.0. The standard InChI is InChI=1S/C14H19FO.C14H23NO2.C14H20O2.C14H20O.2C13H21NO.C12H13F3O.C12H25NO.C11H17NO2.C8H17NO/c1-14(2,3)10-12(16)9-8-11-6-4-5-7-13(11)15;1-13(2,3)9-11(16)7-10-8-12(17-15-10)14(4,5)6;1-14(2,3)10-12(15)9-11-7-5-6-8-13(11)16-4;1-11-6-5-7-12(8-11)9-13(15)10-14(2,3)4;1-9-8-14-10(2)12(9)6-11(15)7-13(3,4)5;1-9-8-14-12(10(9)2)6-11(15)7-13(3,4)5;1-3-10(16)7-8-6-9(12(2,14)15)4-5-11(8)13;1-9(2)13(10(3)4)11(14)8-12(5,6)7;1-8-5-9(12-14-8)6-10(13)7-11(2,3)4;1-8(2,3)6-7(10)9(4)5/h4-7H,8-10H2,1-3H3;8H,7,9H2,1-6H3;5-8H,9-10H2,1-4H3;5-8H,9-10H2,1-4H3;2*6-8H2,1-5H3;4-6H,3,7H2,1-2H3;9-10H,8H2,1-7H3;5H,6-7H2,1-4H3;6H2,1-5H3. The highest BCUT2D eigenvalue weighted by atomic mass is 19.3. The maximum absolute atomic E-state index is 13.3. The van der Waals surface area contributed by atoms with Gasteiger partial charge in [0.25, 0.3) is 5.92 Å². The minimum atomic E-state index is -3.02. The van der Waals surface area contributed by atoms with Crippen molar-refractivity contribution in [2.75, 3.05) is 34.3 Å². The number of aromatic nitrogens is 2. The maximum Gasteiger partial charge on any atom is 0.270 e. The lowest BCUT2D eigenvalue weighted by molar-refractivity contribution is -0.137. The minimum Gasteiger partial charge on any atom is -0.496 e. The number of ketones is 8. The van der Waals surface area contributed by atoms with E-state index in [1.807, 2.05) is 82.0 Å². The number of hydrogen-bond donors (Lipinski definition) is 0. The Balaban J connectivity index is 0. The molecule has 23 heteroatoms. The van der Waals surface area contributed by atoms with Crippen LogP contribution in [-0.2, 0) is 97.8 Å². The molecule has 0 atom stereocenters. The number of amides is 2. The maximum atomic E-state index is 13.3. The summed E-state index contributed by atoms with van der Waals surface area (Å²) in [5.41, 5.74) is 12.8. The molecule has 0 N–H and O–H groups in total. The van der Waals surface area contributed by atoms with Crippen LogP contribution in [0.3, 0.4) is 0 Å². The molecule has 0 radical (unpaired) electrons. The molecule has 4 heterocycles. The van der Waals surface area contributed by atoms with Crippen LogP contribution in [0, 0.1) is 74.2 Å². The van der Waals surface area contributed by atoms with Gasteiger partial charge in [-0.25, -0.2) is 17.6 Å². The van der Waals surface area contributed by atoms with Crippen molar-refractivity contribution in [2.45, 2.75) is 436 Å². The van der Waals surface area contributed by atoms with Crippen LogP contribution in [0.5, 0.6) is 5.75 Å². The average molecular weight is 2070 g/mol. The van der Waals surface area contributed by atoms with E-state index in [-0.39, 0.29) is 125 Å². The van der Waals surface area contributed by atoms with Crippen molar-refractivity contribution in [2.24, 2.45) is 58.7 Å². The van der Waals surface area contributed by atoms with Crippen molar-refractivity contribution in [1.29, 1.82) is 0 Å². The summed E-state index contributed by atoms with van der Waals surface area (Å²) < 4.78 is 67.9. The second-order valence-electron chi connectivity index (χ2n) is 52.6. The topological polar surface area (TPSA) is 263 Å². The molecule has 0 fully saturated rings. The molecule has 19 nitrogen and oxygen atoms in total. The van der Waals surface area contributed by atoms with E-state index in [1.54, 1.807) is 57.3 Å². The molecule has 2 amide bonds. The van der Waals surface area contributed by atoms with E-state index in [0.29, 0.717) is 144 Å². The van der Waals surface area contributed by atoms with Crippen LogP contribution in [0.25, 0.3) is 0 Å². The van der Waals surface area contributed by atoms with Gasteiger partial charge in [-0.2, -0.15) is 0 Å². The fourth-order valence-electron chi connectivity index (χ4n) is 15.3. The smallest absolute Gasteiger partial charge is 0.270 e. The number of methoxy groups -OCH3 is 1. The average Bonchev–Trinajstić information content (AvgIpc) is 1.70. The van der Waals surface area contributed by atoms with Gasteiger partial charge in [-0.1, -0.05) is 297 Å². The van der Waals surface area contributed by atoms with Crippen LogP contribution >= 0.6 is 0 Å². The van der Waals surface area contributed by atoms with E-state index < -0.39 is 11.7 Å². The van der Waals surface area contributed by atoms with Crippen molar-refractivity contribution in [1.82, 2.24) is 20.1 Å². The molecule has 2 aliphatic rings. The number of nitrogens with zero attached hydrogens (tertiary/aromatic N) is 6. The van der Waals surface area contributed by atoms with Gasteiger partial charge in [0.05, 0.1) is 44.4 Å². The number of halogens is 4. The summed E-state index contributed by atoms with van der Waals surface area (Å²) in [6.45, 7) is 86.6. The van der Waals surface area contributed by atoms with Crippen molar-refractivity contribution in [3.63, 3.8) is 0 Å². The lowest BCUT2D eigenvalue weighted by atomic mass is 9.87. The molecule has 0 saturated heterocycles. The van der Waals surface area contributed by atoms with Crippen LogP contribution in [-0.4, -0.2) is 136 Å². The van der Waals surface area contributed by atoms with Crippen LogP contribution in [0.2, 0.25) is 0 Å². The van der Waals surface area contributed by atoms with E-state index in [2.05, 4.69) is 275 Å². The monoisotopic (exact) mass is 2070 g/mol. The molecule has 0 unspecified atom stereocenters. The molecular weight excluding hydrogens is 1870 g/mol. The van der Waals surface area contributed by atoms with Crippen LogP contribution in [0.1, 0.15) is 417 Å². The summed E-state index contributed by atoms with van der Waals surface area (Å²) in [5.74, 6) is 0.676. The molecule has 148 heavy (non-hydrogen) atoms. The normalized spacial score (nSPS) is 12.8. The molecular formula is C125H196F4N6O13. The van der Waals surface area contributed by atoms with E-state index in [0.717, 1.165) is 89.4 Å². The Bertz CT molecular complexity index is 5290. The number of aryl methyl sites for hydroxylation is 3. The molecule has 0 aliphatic carbocycles. The highest BCUT2D eigenvalue weighted by Gasteiger charge is 2.31. The number of rotatable bonds is 31. The minimum absolute atomic E-state index is 0.0202. The molecule has 2 aromatic heterocycles. The molecule has 8 rings (SSSR count). The number of benzene rings is 4. The van der Waals surface area contributed by atoms with Crippen LogP contribution in [0.15, 0.2) is 144 Å². The van der Waals surface area contributed by atoms with Crippen LogP contribution < -0.4 is 4.74 Å². The number of alkyl halides is 2. The molecule has 2 aliphatic heterocycles. The van der Waals surface area contributed by atoms with Gasteiger partial charge >= 0.3 is 0 Å². The van der Waals surface area contributed by atoms with Gasteiger partial charge in [-0.05, 0) is 188 Å². The Morgan fingerprint density at radius 2 is 0.784 bits per heavy atom. The summed E-state index contributed by atoms with van der Waals surface area (Å²) >= 11 is 0. The first kappa shape index (κ1) is 140. The summed E-state index contributed by atoms with van der Waals surface area (Å²) in [6.07, 6.45) is 9.44. The Morgan fingerprint density at radius 3 is 1.16 bits per heavy atom. The largest absolute Gasteiger partial charge is 0.496 e. The predicted octanol–water partition coefficient (Wildman–Crippen LogP) is 31.0. The van der Waals surface area contributed by atoms with E-state index in [1.165, 1.54) is 33.9 Å². The number of carbonyl (C=O) groups excluding carboxylic acids is 10. The molecule has 832 valence electrons. The highest BCUT2D eigenvalue weighted by molar-refractivity contribution is 6.12. The SMILES string of the molecule is CC(C)(C)CC(=O)CCc1ccccc1F.CC(C)(C)CC(=O)Cc1cc(C(C)(C)C)on1.CC(C)N(C(=O)CC(C)(C)C)C(C)C.CC1=C(C)C(CC(=O)CC(C)(C)C)=NC1.CC1=NCC(C)=C1CC(=O)CC(C)(C)C.CCC(=O)Cc1cc(C(C)(F)F)ccc1F.CN(C)C(=O)CC(C)(C)C.COc1ccccc1CC(=O)CC(C)(C)C.Cc1cc(CC(=O)CC(C)(C)C)no1.Cc1cccc(CC(=O)CC(C)(C)C)c1. The number of allylic oxidation sites excluding steroid dienone is 2. The van der Waals surface area contributed by atoms with Crippen molar-refractivity contribution in [3.8, 4) is 5.75 Å². The number of aliphatic imine (C=N–C) groups is 2. The summed E-state index contributed by atoms with van der Waals surface area (Å²) in [6, 6.07) is 29.8. The van der Waals surface area contributed by atoms with Gasteiger partial charge in [-0.15, -0.1) is 0 Å². The number of para-hydroxylation sites is 1. The van der Waals surface area contributed by atoms with Crippen LogP contribution in [0.4, 0.5) is 17.6 Å². The Morgan fingerprint density at radius 1 is 0.392 bits per heavy atom. The fourth-order valence-corrected chi connectivity index (χ4v) is 15.3. The van der Waals surface area contributed by atoms with Crippen molar-refractivity contribution < 1.29 is 79.3 Å². The fraction of sp³-hybridized carbons (Fsp3) is 0.632.